The molecule has 0 saturated heterocycles. The van der Waals surface area contributed by atoms with Crippen molar-refractivity contribution in [2.75, 3.05) is 6.54 Å². The van der Waals surface area contributed by atoms with Crippen molar-refractivity contribution in [3.05, 3.63) is 0 Å². The third-order valence-corrected chi connectivity index (χ3v) is 1.34. The highest BCUT2D eigenvalue weighted by atomic mass is 127. The Morgan fingerprint density at radius 3 is 2.43 bits per heavy atom. The van der Waals surface area contributed by atoms with Crippen molar-refractivity contribution < 1.29 is 4.79 Å². The molecular weight excluding hydrogens is 205 g/mol. The van der Waals surface area contributed by atoms with Gasteiger partial charge in [0.05, 0.1) is 10.5 Å². The van der Waals surface area contributed by atoms with E-state index in [0.29, 0.717) is 0 Å². The van der Waals surface area contributed by atoms with Crippen LogP contribution < -0.4 is 5.73 Å². The second kappa shape index (κ2) is 3.37. The van der Waals surface area contributed by atoms with Crippen LogP contribution in [0.5, 0.6) is 0 Å². The van der Waals surface area contributed by atoms with Crippen molar-refractivity contribution in [3.63, 3.8) is 0 Å². The Hall–Kier alpha value is 0.360. The molecule has 0 aliphatic heterocycles. The number of rotatable bonds is 2. The van der Waals surface area contributed by atoms with Gasteiger partial charge >= 0.3 is 0 Å². The zero-order valence-corrected chi connectivity index (χ0v) is 6.31. The van der Waals surface area contributed by atoms with E-state index < -0.39 is 0 Å². The largest absolute Gasteiger partial charge is 0.324 e. The van der Waals surface area contributed by atoms with E-state index in [1.165, 1.54) is 0 Å². The third-order valence-electron chi connectivity index (χ3n) is 0.645. The fourth-order valence-corrected chi connectivity index (χ4v) is 0.417. The maximum Gasteiger partial charge on any atom is 0.158 e. The van der Waals surface area contributed by atoms with Crippen LogP contribution in [0.25, 0.3) is 0 Å². The summed E-state index contributed by atoms with van der Waals surface area (Å²) in [5.74, 6) is 0.112. The summed E-state index contributed by atoms with van der Waals surface area (Å²) in [6.07, 6.45) is 0. The molecule has 2 N–H and O–H groups in total. The van der Waals surface area contributed by atoms with Gasteiger partial charge in [0.15, 0.2) is 5.78 Å². The molecule has 0 aliphatic carbocycles. The molecule has 2 nitrogen and oxygen atoms in total. The Kier molecular flexibility index (Phi) is 3.55. The molecule has 42 valence electrons. The number of hydrogen-bond donors (Lipinski definition) is 1. The Balaban J connectivity index is 3.35. The molecule has 3 heteroatoms. The lowest BCUT2D eigenvalue weighted by Gasteiger charge is -1.94. The molecule has 0 spiro atoms. The first-order chi connectivity index (χ1) is 3.18. The van der Waals surface area contributed by atoms with Gasteiger partial charge in [0, 0.05) is 0 Å². The number of carbonyl (C=O) groups excluding carboxylic acids is 1. The summed E-state index contributed by atoms with van der Waals surface area (Å²) in [5, 5.41) is 0. The number of halogens is 1. The molecule has 0 aromatic heterocycles. The summed E-state index contributed by atoms with van der Waals surface area (Å²) in [5.41, 5.74) is 5.02. The predicted molar refractivity (Wildman–Crippen MR) is 37.5 cm³/mol. The van der Waals surface area contributed by atoms with Crippen molar-refractivity contribution in [2.24, 2.45) is 5.73 Å². The summed E-state index contributed by atoms with van der Waals surface area (Å²) < 4.78 is 0.0719. The lowest BCUT2D eigenvalue weighted by molar-refractivity contribution is -0.116. The summed E-state index contributed by atoms with van der Waals surface area (Å²) >= 11 is 2.04. The van der Waals surface area contributed by atoms with Crippen molar-refractivity contribution in [1.29, 1.82) is 0 Å². The second-order valence-electron chi connectivity index (χ2n) is 1.29. The van der Waals surface area contributed by atoms with E-state index in [0.717, 1.165) is 0 Å². The fourth-order valence-electron chi connectivity index (χ4n) is 0.162. The van der Waals surface area contributed by atoms with Crippen LogP contribution in [-0.2, 0) is 4.79 Å². The number of ketones is 1. The van der Waals surface area contributed by atoms with Gasteiger partial charge in [-0.3, -0.25) is 4.79 Å². The van der Waals surface area contributed by atoms with Crippen LogP contribution in [0, 0.1) is 0 Å². The molecule has 0 rings (SSSR count). The fraction of sp³-hybridized carbons (Fsp3) is 0.750. The summed E-state index contributed by atoms with van der Waals surface area (Å²) in [6.45, 7) is 2.00. The van der Waals surface area contributed by atoms with Crippen LogP contribution in [-0.4, -0.2) is 16.3 Å². The summed E-state index contributed by atoms with van der Waals surface area (Å²) in [7, 11) is 0. The molecule has 1 unspecified atom stereocenters. The molecule has 0 fully saturated rings. The maximum atomic E-state index is 10.4. The minimum absolute atomic E-state index is 0.0719. The number of nitrogens with two attached hydrogens (primary N) is 1. The molecule has 1 atom stereocenters. The van der Waals surface area contributed by atoms with E-state index in [-0.39, 0.29) is 16.3 Å². The number of alkyl halides is 1. The monoisotopic (exact) mass is 213 g/mol. The van der Waals surface area contributed by atoms with Crippen molar-refractivity contribution in [1.82, 2.24) is 0 Å². The first-order valence-corrected chi connectivity index (χ1v) is 3.30. The minimum Gasteiger partial charge on any atom is -0.324 e. The van der Waals surface area contributed by atoms with E-state index in [9.17, 15) is 4.79 Å². The van der Waals surface area contributed by atoms with E-state index in [4.69, 9.17) is 5.73 Å². The van der Waals surface area contributed by atoms with E-state index >= 15 is 0 Å². The highest BCUT2D eigenvalue weighted by Gasteiger charge is 2.03. The lowest BCUT2D eigenvalue weighted by atomic mass is 10.3. The molecule has 0 bridgehead atoms. The predicted octanol–water partition coefficient (Wildman–Crippen LogP) is 0.338. The summed E-state index contributed by atoms with van der Waals surface area (Å²) in [6, 6.07) is 0. The van der Waals surface area contributed by atoms with Crippen molar-refractivity contribution >= 4 is 28.4 Å². The first kappa shape index (κ1) is 7.36. The van der Waals surface area contributed by atoms with Gasteiger partial charge in [-0.05, 0) is 6.92 Å². The average molecular weight is 213 g/mol. The molecule has 0 aromatic rings. The maximum absolute atomic E-state index is 10.4. The molecular formula is C4H8INO. The van der Waals surface area contributed by atoms with Crippen LogP contribution in [0.15, 0.2) is 0 Å². The first-order valence-electron chi connectivity index (χ1n) is 2.05. The lowest BCUT2D eigenvalue weighted by Crippen LogP contribution is -2.20. The van der Waals surface area contributed by atoms with E-state index in [2.05, 4.69) is 0 Å². The van der Waals surface area contributed by atoms with Gasteiger partial charge in [-0.1, -0.05) is 22.6 Å². The molecule has 7 heavy (non-hydrogen) atoms. The molecule has 0 amide bonds. The quantitative estimate of drug-likeness (QED) is 0.530. The van der Waals surface area contributed by atoms with Crippen LogP contribution in [0.2, 0.25) is 0 Å². The van der Waals surface area contributed by atoms with E-state index in [1.54, 1.807) is 0 Å². The van der Waals surface area contributed by atoms with Crippen LogP contribution in [0.1, 0.15) is 6.92 Å². The molecule has 0 aliphatic rings. The van der Waals surface area contributed by atoms with Crippen LogP contribution >= 0.6 is 22.6 Å². The second-order valence-corrected chi connectivity index (χ2v) is 3.15. The highest BCUT2D eigenvalue weighted by molar-refractivity contribution is 14.1. The molecule has 0 radical (unpaired) electrons. The topological polar surface area (TPSA) is 43.1 Å². The van der Waals surface area contributed by atoms with Gasteiger partial charge in [-0.2, -0.15) is 0 Å². The van der Waals surface area contributed by atoms with Gasteiger partial charge < -0.3 is 5.73 Å². The molecule has 0 heterocycles. The summed E-state index contributed by atoms with van der Waals surface area (Å²) in [4.78, 5) is 10.4. The number of Topliss-reactive ketones (excluding diaryl/α,β-unsaturated/α-hetero) is 1. The van der Waals surface area contributed by atoms with Gasteiger partial charge in [0.2, 0.25) is 0 Å². The van der Waals surface area contributed by atoms with Gasteiger partial charge in [-0.15, -0.1) is 0 Å². The molecule has 0 saturated carbocycles. The van der Waals surface area contributed by atoms with E-state index in [1.807, 2.05) is 29.5 Å². The zero-order chi connectivity index (χ0) is 5.86. The van der Waals surface area contributed by atoms with Gasteiger partial charge in [-0.25, -0.2) is 0 Å². The highest BCUT2D eigenvalue weighted by Crippen LogP contribution is 1.96. The van der Waals surface area contributed by atoms with Crippen LogP contribution in [0.4, 0.5) is 0 Å². The Labute approximate surface area is 56.6 Å². The normalized spacial score (nSPS) is 13.6. The Morgan fingerprint density at radius 1 is 2.00 bits per heavy atom. The van der Waals surface area contributed by atoms with Crippen molar-refractivity contribution in [3.8, 4) is 0 Å². The zero-order valence-electron chi connectivity index (χ0n) is 4.15. The average Bonchev–Trinajstić information content (AvgIpc) is 1.65. The Morgan fingerprint density at radius 2 is 2.43 bits per heavy atom. The third kappa shape index (κ3) is 2.99. The minimum atomic E-state index is 0.0719. The molecule has 0 aromatic carbocycles. The number of carbonyl (C=O) groups is 1. The van der Waals surface area contributed by atoms with Crippen LogP contribution in [0.3, 0.4) is 0 Å². The number of hydrogen-bond acceptors (Lipinski definition) is 2. The smallest absolute Gasteiger partial charge is 0.158 e. The standard InChI is InChI=1S/C4H8INO/c1-3(5)4(7)2-6/h3H,2,6H2,1H3. The van der Waals surface area contributed by atoms with Gasteiger partial charge in [0.1, 0.15) is 0 Å². The SMILES string of the molecule is CC(I)C(=O)CN. The van der Waals surface area contributed by atoms with Crippen molar-refractivity contribution in [2.45, 2.75) is 10.8 Å². The Bertz CT molecular complexity index is 72.1. The van der Waals surface area contributed by atoms with Gasteiger partial charge in [0.25, 0.3) is 0 Å².